The van der Waals surface area contributed by atoms with Crippen molar-refractivity contribution in [3.8, 4) is 5.75 Å². The molecular weight excluding hydrogens is 342 g/mol. The minimum Gasteiger partial charge on any atom is -0.490 e. The number of nitrogens with zero attached hydrogens (tertiary/aromatic N) is 2. The van der Waals surface area contributed by atoms with E-state index in [2.05, 4.69) is 15.3 Å². The number of rotatable bonds is 4. The summed E-state index contributed by atoms with van der Waals surface area (Å²) in [7, 11) is 0. The molecule has 0 saturated heterocycles. The second-order valence-corrected chi connectivity index (χ2v) is 7.06. The standard InChI is InChI=1S/C21H23N3O3/c1-13-20(23-14(2)26-13)21(25)24-16-5-7-17(8-6-16)27-18-9-10-19-15(12-18)4-3-11-22-19/h3-4,9-12,16-17H,5-8H2,1-2H3,(H,24,25). The monoisotopic (exact) mass is 365 g/mol. The number of amides is 1. The van der Waals surface area contributed by atoms with Gasteiger partial charge in [0.05, 0.1) is 11.6 Å². The fourth-order valence-electron chi connectivity index (χ4n) is 3.64. The van der Waals surface area contributed by atoms with E-state index in [0.717, 1.165) is 42.3 Å². The van der Waals surface area contributed by atoms with E-state index >= 15 is 0 Å². The maximum atomic E-state index is 12.4. The Morgan fingerprint density at radius 2 is 2.00 bits per heavy atom. The number of ether oxygens (including phenoxy) is 1. The Labute approximate surface area is 158 Å². The Morgan fingerprint density at radius 3 is 2.74 bits per heavy atom. The Hall–Kier alpha value is -2.89. The average molecular weight is 365 g/mol. The van der Waals surface area contributed by atoms with Crippen LogP contribution in [0.1, 0.15) is 47.8 Å². The summed E-state index contributed by atoms with van der Waals surface area (Å²) in [4.78, 5) is 20.9. The van der Waals surface area contributed by atoms with E-state index in [0.29, 0.717) is 17.3 Å². The Morgan fingerprint density at radius 1 is 1.19 bits per heavy atom. The molecule has 1 N–H and O–H groups in total. The molecule has 1 aromatic carbocycles. The van der Waals surface area contributed by atoms with Crippen LogP contribution in [0.2, 0.25) is 0 Å². The average Bonchev–Trinajstić information content (AvgIpc) is 3.01. The Kier molecular flexibility index (Phi) is 4.79. The van der Waals surface area contributed by atoms with Crippen molar-refractivity contribution in [1.82, 2.24) is 15.3 Å². The van der Waals surface area contributed by atoms with Crippen molar-refractivity contribution < 1.29 is 13.9 Å². The van der Waals surface area contributed by atoms with Crippen LogP contribution in [0.25, 0.3) is 10.9 Å². The lowest BCUT2D eigenvalue weighted by Crippen LogP contribution is -2.40. The van der Waals surface area contributed by atoms with Crippen LogP contribution in [-0.2, 0) is 0 Å². The molecule has 0 spiro atoms. The van der Waals surface area contributed by atoms with Crippen molar-refractivity contribution in [1.29, 1.82) is 0 Å². The summed E-state index contributed by atoms with van der Waals surface area (Å²) >= 11 is 0. The fraction of sp³-hybridized carbons (Fsp3) is 0.381. The molecular formula is C21H23N3O3. The number of carbonyl (C=O) groups is 1. The van der Waals surface area contributed by atoms with Crippen molar-refractivity contribution in [3.63, 3.8) is 0 Å². The van der Waals surface area contributed by atoms with Crippen LogP contribution in [0, 0.1) is 13.8 Å². The lowest BCUT2D eigenvalue weighted by Gasteiger charge is -2.29. The minimum atomic E-state index is -0.157. The molecule has 0 unspecified atom stereocenters. The molecule has 1 aliphatic rings. The van der Waals surface area contributed by atoms with Crippen LogP contribution in [0.3, 0.4) is 0 Å². The van der Waals surface area contributed by atoms with E-state index < -0.39 is 0 Å². The maximum Gasteiger partial charge on any atom is 0.273 e. The largest absolute Gasteiger partial charge is 0.490 e. The number of aryl methyl sites for hydroxylation is 2. The lowest BCUT2D eigenvalue weighted by molar-refractivity contribution is 0.0888. The van der Waals surface area contributed by atoms with Crippen LogP contribution in [0.5, 0.6) is 5.75 Å². The number of hydrogen-bond acceptors (Lipinski definition) is 5. The number of fused-ring (bicyclic) bond motifs is 1. The van der Waals surface area contributed by atoms with Gasteiger partial charge in [-0.25, -0.2) is 4.98 Å². The summed E-state index contributed by atoms with van der Waals surface area (Å²) in [5, 5.41) is 4.15. The first-order chi connectivity index (χ1) is 13.1. The van der Waals surface area contributed by atoms with Crippen LogP contribution in [0.4, 0.5) is 0 Å². The van der Waals surface area contributed by atoms with Crippen LogP contribution >= 0.6 is 0 Å². The van der Waals surface area contributed by atoms with Crippen molar-refractivity contribution >= 4 is 16.8 Å². The third-order valence-corrected chi connectivity index (χ3v) is 5.01. The van der Waals surface area contributed by atoms with Crippen LogP contribution < -0.4 is 10.1 Å². The van der Waals surface area contributed by atoms with Crippen molar-refractivity contribution in [2.45, 2.75) is 51.7 Å². The highest BCUT2D eigenvalue weighted by Crippen LogP contribution is 2.26. The SMILES string of the molecule is Cc1nc(C(=O)NC2CCC(Oc3ccc4ncccc4c3)CC2)c(C)o1. The Bertz CT molecular complexity index is 958. The zero-order valence-electron chi connectivity index (χ0n) is 15.6. The molecule has 0 aliphatic heterocycles. The first-order valence-electron chi connectivity index (χ1n) is 9.35. The first-order valence-corrected chi connectivity index (χ1v) is 9.35. The third-order valence-electron chi connectivity index (χ3n) is 5.01. The third kappa shape index (κ3) is 3.94. The molecule has 2 aromatic heterocycles. The second kappa shape index (κ2) is 7.39. The van der Waals surface area contributed by atoms with Gasteiger partial charge in [-0.05, 0) is 56.9 Å². The van der Waals surface area contributed by atoms with Crippen molar-refractivity contribution in [3.05, 3.63) is 53.9 Å². The number of benzene rings is 1. The molecule has 0 bridgehead atoms. The Balaban J connectivity index is 1.32. The van der Waals surface area contributed by atoms with Gasteiger partial charge in [0, 0.05) is 24.5 Å². The van der Waals surface area contributed by atoms with E-state index in [9.17, 15) is 4.79 Å². The van der Waals surface area contributed by atoms with Crippen LogP contribution in [-0.4, -0.2) is 28.0 Å². The number of pyridine rings is 1. The van der Waals surface area contributed by atoms with Gasteiger partial charge < -0.3 is 14.5 Å². The van der Waals surface area contributed by atoms with Gasteiger partial charge in [-0.3, -0.25) is 9.78 Å². The molecule has 1 aliphatic carbocycles. The summed E-state index contributed by atoms with van der Waals surface area (Å²) in [6.45, 7) is 3.51. The molecule has 27 heavy (non-hydrogen) atoms. The van der Waals surface area contributed by atoms with Crippen molar-refractivity contribution in [2.24, 2.45) is 0 Å². The predicted octanol–water partition coefficient (Wildman–Crippen LogP) is 3.96. The van der Waals surface area contributed by atoms with Gasteiger partial charge in [0.2, 0.25) is 0 Å². The zero-order valence-corrected chi connectivity index (χ0v) is 15.6. The number of oxazole rings is 1. The summed E-state index contributed by atoms with van der Waals surface area (Å²) in [5.74, 6) is 1.79. The van der Waals surface area contributed by atoms with Gasteiger partial charge in [-0.2, -0.15) is 0 Å². The summed E-state index contributed by atoms with van der Waals surface area (Å²) in [6, 6.07) is 10.1. The summed E-state index contributed by atoms with van der Waals surface area (Å²) in [6.07, 6.45) is 5.56. The van der Waals surface area contributed by atoms with E-state index in [1.165, 1.54) is 0 Å². The quantitative estimate of drug-likeness (QED) is 0.757. The maximum absolute atomic E-state index is 12.4. The molecule has 3 aromatic rings. The highest BCUT2D eigenvalue weighted by atomic mass is 16.5. The van der Waals surface area contributed by atoms with Crippen molar-refractivity contribution in [2.75, 3.05) is 0 Å². The normalized spacial score (nSPS) is 19.8. The predicted molar refractivity (Wildman–Crippen MR) is 102 cm³/mol. The number of hydrogen-bond donors (Lipinski definition) is 1. The molecule has 0 radical (unpaired) electrons. The van der Waals surface area contributed by atoms with E-state index in [1.54, 1.807) is 20.0 Å². The van der Waals surface area contributed by atoms with Crippen LogP contribution in [0.15, 0.2) is 40.9 Å². The summed E-state index contributed by atoms with van der Waals surface area (Å²) in [5.41, 5.74) is 1.35. The zero-order chi connectivity index (χ0) is 18.8. The molecule has 4 rings (SSSR count). The molecule has 1 fully saturated rings. The van der Waals surface area contributed by atoms with Gasteiger partial charge in [0.25, 0.3) is 5.91 Å². The van der Waals surface area contributed by atoms with Gasteiger partial charge in [0.15, 0.2) is 11.6 Å². The van der Waals surface area contributed by atoms with E-state index in [4.69, 9.17) is 9.15 Å². The van der Waals surface area contributed by atoms with Gasteiger partial charge in [-0.15, -0.1) is 0 Å². The molecule has 6 nitrogen and oxygen atoms in total. The van der Waals surface area contributed by atoms with Gasteiger partial charge >= 0.3 is 0 Å². The van der Waals surface area contributed by atoms with Gasteiger partial charge in [-0.1, -0.05) is 6.07 Å². The number of aromatic nitrogens is 2. The first kappa shape index (κ1) is 17.5. The molecule has 0 atom stereocenters. The number of nitrogens with one attached hydrogen (secondary N) is 1. The topological polar surface area (TPSA) is 77.2 Å². The van der Waals surface area contributed by atoms with Gasteiger partial charge in [0.1, 0.15) is 11.5 Å². The second-order valence-electron chi connectivity index (χ2n) is 7.06. The molecule has 1 saturated carbocycles. The smallest absolute Gasteiger partial charge is 0.273 e. The molecule has 2 heterocycles. The molecule has 1 amide bonds. The molecule has 6 heteroatoms. The molecule has 140 valence electrons. The summed E-state index contributed by atoms with van der Waals surface area (Å²) < 4.78 is 11.5. The highest BCUT2D eigenvalue weighted by molar-refractivity contribution is 5.93. The van der Waals surface area contributed by atoms with E-state index in [-0.39, 0.29) is 18.1 Å². The lowest BCUT2D eigenvalue weighted by atomic mass is 9.92. The minimum absolute atomic E-state index is 0.148. The fourth-order valence-corrected chi connectivity index (χ4v) is 3.64. The number of carbonyl (C=O) groups excluding carboxylic acids is 1. The highest BCUT2D eigenvalue weighted by Gasteiger charge is 2.25. The van der Waals surface area contributed by atoms with E-state index in [1.807, 2.05) is 30.3 Å².